The Bertz CT molecular complexity index is 1190. The zero-order chi connectivity index (χ0) is 23.3. The minimum Gasteiger partial charge on any atom is -0.367 e. The Morgan fingerprint density at radius 3 is 2.12 bits per heavy atom. The van der Waals surface area contributed by atoms with E-state index in [0.717, 1.165) is 24.4 Å². The number of nitrogens with zero attached hydrogens (tertiary/aromatic N) is 2. The molecule has 0 saturated carbocycles. The number of para-hydroxylation sites is 1. The van der Waals surface area contributed by atoms with Gasteiger partial charge in [-0.1, -0.05) is 68.3 Å². The van der Waals surface area contributed by atoms with Crippen molar-refractivity contribution in [2.24, 2.45) is 0 Å². The molecule has 0 radical (unpaired) electrons. The zero-order valence-electron chi connectivity index (χ0n) is 17.0. The van der Waals surface area contributed by atoms with E-state index in [9.17, 15) is 18.5 Å². The molecular weight excluding hydrogens is 564 g/mol. The van der Waals surface area contributed by atoms with Crippen molar-refractivity contribution < 1.29 is 18.1 Å². The molecule has 0 spiro atoms. The number of hydrogen-bond acceptors (Lipinski definition) is 5. The Morgan fingerprint density at radius 1 is 0.969 bits per heavy atom. The summed E-state index contributed by atoms with van der Waals surface area (Å²) in [6.45, 7) is 0.250. The Kier molecular flexibility index (Phi) is 8.18. The molecule has 32 heavy (non-hydrogen) atoms. The van der Waals surface area contributed by atoms with Gasteiger partial charge in [0.15, 0.2) is 4.90 Å². The second kappa shape index (κ2) is 10.7. The maximum absolute atomic E-state index is 13.1. The summed E-state index contributed by atoms with van der Waals surface area (Å²) in [7, 11) is -2.73. The van der Waals surface area contributed by atoms with Crippen molar-refractivity contribution in [3.05, 3.63) is 103 Å². The van der Waals surface area contributed by atoms with Gasteiger partial charge in [0.1, 0.15) is 0 Å². The summed E-state index contributed by atoms with van der Waals surface area (Å²) in [5, 5.41) is 11.3. The quantitative estimate of drug-likeness (QED) is 0.238. The third-order valence-corrected chi connectivity index (χ3v) is 7.71. The van der Waals surface area contributed by atoms with Crippen molar-refractivity contribution in [1.82, 2.24) is 4.31 Å². The Morgan fingerprint density at radius 2 is 1.53 bits per heavy atom. The number of likely N-dealkylation sites (N-methyl/N-ethyl adjacent to an activating group) is 1. The predicted octanol–water partition coefficient (Wildman–Crippen LogP) is 5.70. The monoisotopic (exact) mass is 582 g/mol. The van der Waals surface area contributed by atoms with Gasteiger partial charge in [-0.15, -0.1) is 0 Å². The average Bonchev–Trinajstić information content (AvgIpc) is 2.78. The van der Waals surface area contributed by atoms with E-state index in [1.165, 1.54) is 31.3 Å². The van der Waals surface area contributed by atoms with E-state index >= 15 is 0 Å². The maximum Gasteiger partial charge on any atom is 0.289 e. The first-order valence-corrected chi connectivity index (χ1v) is 12.5. The second-order valence-corrected chi connectivity index (χ2v) is 10.8. The van der Waals surface area contributed by atoms with E-state index in [1.54, 1.807) is 0 Å². The van der Waals surface area contributed by atoms with Crippen LogP contribution in [-0.2, 0) is 21.4 Å². The van der Waals surface area contributed by atoms with E-state index in [0.29, 0.717) is 0 Å². The van der Waals surface area contributed by atoms with Crippen LogP contribution in [0.5, 0.6) is 0 Å². The third-order valence-electron chi connectivity index (χ3n) is 4.78. The summed E-state index contributed by atoms with van der Waals surface area (Å²) >= 11 is 6.79. The number of rotatable bonds is 9. The van der Waals surface area contributed by atoms with Crippen LogP contribution >= 0.6 is 31.9 Å². The lowest BCUT2D eigenvalue weighted by Gasteiger charge is -2.25. The molecule has 10 heteroatoms. The van der Waals surface area contributed by atoms with Gasteiger partial charge < -0.3 is 4.74 Å². The van der Waals surface area contributed by atoms with Crippen LogP contribution in [0.4, 0.5) is 5.69 Å². The zero-order valence-corrected chi connectivity index (χ0v) is 21.0. The molecule has 168 valence electrons. The highest BCUT2D eigenvalue weighted by Gasteiger charge is 2.31. The summed E-state index contributed by atoms with van der Waals surface area (Å²) < 4.78 is 35.3. The first kappa shape index (κ1) is 24.5. The largest absolute Gasteiger partial charge is 0.367 e. The number of benzene rings is 3. The lowest BCUT2D eigenvalue weighted by Crippen LogP contribution is -2.32. The normalized spacial score (nSPS) is 12.6. The van der Waals surface area contributed by atoms with Crippen molar-refractivity contribution in [2.45, 2.75) is 17.6 Å². The number of nitro groups is 1. The fraction of sp³-hybridized carbons (Fsp3) is 0.182. The highest BCUT2D eigenvalue weighted by molar-refractivity contribution is 9.10. The molecule has 0 aliphatic carbocycles. The van der Waals surface area contributed by atoms with Gasteiger partial charge >= 0.3 is 0 Å². The van der Waals surface area contributed by atoms with Crippen LogP contribution in [-0.4, -0.2) is 31.2 Å². The Labute approximate surface area is 203 Å². The first-order chi connectivity index (χ1) is 15.2. The summed E-state index contributed by atoms with van der Waals surface area (Å²) in [5.74, 6) is 0. The fourth-order valence-electron chi connectivity index (χ4n) is 3.03. The number of ether oxygens (including phenoxy) is 1. The molecule has 3 aromatic carbocycles. The van der Waals surface area contributed by atoms with Crippen LogP contribution in [0, 0.1) is 10.1 Å². The Balaban J connectivity index is 1.87. The predicted molar refractivity (Wildman–Crippen MR) is 129 cm³/mol. The van der Waals surface area contributed by atoms with E-state index < -0.39 is 26.7 Å². The minimum absolute atomic E-state index is 0.0213. The number of halogens is 2. The van der Waals surface area contributed by atoms with Crippen LogP contribution < -0.4 is 0 Å². The third kappa shape index (κ3) is 6.02. The van der Waals surface area contributed by atoms with E-state index in [1.807, 2.05) is 48.5 Å². The molecule has 0 aliphatic heterocycles. The molecule has 0 bridgehead atoms. The molecule has 0 fully saturated rings. The van der Waals surface area contributed by atoms with Gasteiger partial charge in [-0.05, 0) is 41.5 Å². The highest BCUT2D eigenvalue weighted by Crippen LogP contribution is 2.29. The van der Waals surface area contributed by atoms with Crippen LogP contribution in [0.15, 0.2) is 86.6 Å². The summed E-state index contributed by atoms with van der Waals surface area (Å²) in [6, 6.07) is 20.3. The van der Waals surface area contributed by atoms with E-state index in [2.05, 4.69) is 31.9 Å². The minimum atomic E-state index is -4.12. The summed E-state index contributed by atoms with van der Waals surface area (Å²) in [4.78, 5) is 10.3. The molecule has 0 heterocycles. The maximum atomic E-state index is 13.1. The number of nitro benzene ring substituents is 1. The molecule has 0 aromatic heterocycles. The molecule has 1 atom stereocenters. The molecular formula is C22H20Br2N2O5S. The van der Waals surface area contributed by atoms with E-state index in [-0.39, 0.29) is 18.0 Å². The molecule has 0 aliphatic rings. The van der Waals surface area contributed by atoms with Crippen molar-refractivity contribution in [3.8, 4) is 0 Å². The van der Waals surface area contributed by atoms with Crippen LogP contribution in [0.3, 0.4) is 0 Å². The van der Waals surface area contributed by atoms with Gasteiger partial charge in [-0.25, -0.2) is 8.42 Å². The Hall–Kier alpha value is -2.11. The first-order valence-electron chi connectivity index (χ1n) is 9.50. The number of hydrogen-bond donors (Lipinski definition) is 0. The number of sulfonamides is 1. The molecule has 7 nitrogen and oxygen atoms in total. The topological polar surface area (TPSA) is 89.8 Å². The van der Waals surface area contributed by atoms with Crippen molar-refractivity contribution in [3.63, 3.8) is 0 Å². The highest BCUT2D eigenvalue weighted by atomic mass is 79.9. The molecule has 0 amide bonds. The SMILES string of the molecule is CN(CC(OCc1ccc(Br)cc1)c1ccc(Br)cc1)S(=O)(=O)c1ccccc1[N+](=O)[O-]. The molecule has 3 aromatic rings. The van der Waals surface area contributed by atoms with Crippen LogP contribution in [0.2, 0.25) is 0 Å². The van der Waals surface area contributed by atoms with Crippen LogP contribution in [0.1, 0.15) is 17.2 Å². The fourth-order valence-corrected chi connectivity index (χ4v) is 4.89. The van der Waals surface area contributed by atoms with Gasteiger partial charge in [-0.2, -0.15) is 4.31 Å². The van der Waals surface area contributed by atoms with Gasteiger partial charge in [0.25, 0.3) is 5.69 Å². The molecule has 3 rings (SSSR count). The van der Waals surface area contributed by atoms with Gasteiger partial charge in [0, 0.05) is 28.6 Å². The van der Waals surface area contributed by atoms with Crippen molar-refractivity contribution in [1.29, 1.82) is 0 Å². The van der Waals surface area contributed by atoms with Crippen LogP contribution in [0.25, 0.3) is 0 Å². The van der Waals surface area contributed by atoms with Gasteiger partial charge in [0.2, 0.25) is 10.0 Å². The van der Waals surface area contributed by atoms with Crippen molar-refractivity contribution in [2.75, 3.05) is 13.6 Å². The van der Waals surface area contributed by atoms with Gasteiger partial charge in [0.05, 0.1) is 17.6 Å². The molecule has 1 unspecified atom stereocenters. The lowest BCUT2D eigenvalue weighted by atomic mass is 10.1. The summed E-state index contributed by atoms with van der Waals surface area (Å²) in [6.07, 6.45) is -0.589. The average molecular weight is 584 g/mol. The lowest BCUT2D eigenvalue weighted by molar-refractivity contribution is -0.387. The smallest absolute Gasteiger partial charge is 0.289 e. The van der Waals surface area contributed by atoms with E-state index in [4.69, 9.17) is 4.74 Å². The van der Waals surface area contributed by atoms with Crippen molar-refractivity contribution >= 4 is 47.6 Å². The standard InChI is InChI=1S/C22H20Br2N2O5S/c1-25(32(29,30)22-5-3-2-4-20(22)26(27)28)14-21(17-8-12-19(24)13-9-17)31-15-16-6-10-18(23)11-7-16/h2-13,21H,14-15H2,1H3. The molecule has 0 saturated heterocycles. The van der Waals surface area contributed by atoms with Gasteiger partial charge in [-0.3, -0.25) is 10.1 Å². The summed E-state index contributed by atoms with van der Waals surface area (Å²) in [5.41, 5.74) is 1.25. The molecule has 0 N–H and O–H groups in total. The second-order valence-electron chi connectivity index (χ2n) is 6.99.